The standard InChI is InChI=1S/C12H13NO/c1-10(9-14-2)11-7-12-5-3-4-6-13(12)8-11/h3-9H,1-2H3/b10-9+. The van der Waals surface area contributed by atoms with Gasteiger partial charge in [0.25, 0.3) is 0 Å². The Morgan fingerprint density at radius 3 is 3.00 bits per heavy atom. The van der Waals surface area contributed by atoms with Gasteiger partial charge in [0.15, 0.2) is 0 Å². The number of methoxy groups -OCH3 is 1. The van der Waals surface area contributed by atoms with E-state index in [4.69, 9.17) is 4.74 Å². The van der Waals surface area contributed by atoms with Crippen molar-refractivity contribution in [3.05, 3.63) is 48.5 Å². The number of nitrogens with zero attached hydrogens (tertiary/aromatic N) is 1. The summed E-state index contributed by atoms with van der Waals surface area (Å²) in [5, 5.41) is 0. The molecule has 0 unspecified atom stereocenters. The first-order chi connectivity index (χ1) is 6.81. The van der Waals surface area contributed by atoms with Crippen molar-refractivity contribution in [1.82, 2.24) is 4.40 Å². The summed E-state index contributed by atoms with van der Waals surface area (Å²) in [4.78, 5) is 0. The zero-order chi connectivity index (χ0) is 9.97. The number of aromatic nitrogens is 1. The maximum Gasteiger partial charge on any atom is 0.0860 e. The van der Waals surface area contributed by atoms with Crippen LogP contribution in [0.15, 0.2) is 42.9 Å². The number of pyridine rings is 1. The summed E-state index contributed by atoms with van der Waals surface area (Å²) < 4.78 is 7.08. The molecule has 2 heterocycles. The minimum atomic E-state index is 1.14. The first kappa shape index (κ1) is 8.88. The minimum absolute atomic E-state index is 1.14. The first-order valence-corrected chi connectivity index (χ1v) is 4.58. The predicted octanol–water partition coefficient (Wildman–Crippen LogP) is 2.95. The van der Waals surface area contributed by atoms with E-state index in [9.17, 15) is 0 Å². The van der Waals surface area contributed by atoms with Crippen LogP contribution in [0.1, 0.15) is 12.5 Å². The Morgan fingerprint density at radius 2 is 2.29 bits per heavy atom. The molecule has 0 amide bonds. The number of hydrogen-bond donors (Lipinski definition) is 0. The van der Waals surface area contributed by atoms with Gasteiger partial charge in [-0.1, -0.05) is 6.07 Å². The lowest BCUT2D eigenvalue weighted by Gasteiger charge is -1.94. The molecule has 0 aliphatic rings. The molecule has 72 valence electrons. The molecule has 0 fully saturated rings. The Balaban J connectivity index is 2.50. The molecule has 0 aliphatic carbocycles. The van der Waals surface area contributed by atoms with Crippen LogP contribution in [-0.4, -0.2) is 11.5 Å². The highest BCUT2D eigenvalue weighted by Crippen LogP contribution is 2.17. The van der Waals surface area contributed by atoms with Gasteiger partial charge in [-0.05, 0) is 36.3 Å². The van der Waals surface area contributed by atoms with Crippen LogP contribution in [0, 0.1) is 0 Å². The van der Waals surface area contributed by atoms with Crippen LogP contribution >= 0.6 is 0 Å². The van der Waals surface area contributed by atoms with E-state index < -0.39 is 0 Å². The second kappa shape index (κ2) is 3.58. The van der Waals surface area contributed by atoms with E-state index in [1.807, 2.05) is 25.3 Å². The zero-order valence-corrected chi connectivity index (χ0v) is 8.40. The van der Waals surface area contributed by atoms with Gasteiger partial charge < -0.3 is 9.14 Å². The van der Waals surface area contributed by atoms with Crippen molar-refractivity contribution in [2.24, 2.45) is 0 Å². The molecule has 0 N–H and O–H groups in total. The van der Waals surface area contributed by atoms with E-state index in [2.05, 4.69) is 22.7 Å². The van der Waals surface area contributed by atoms with Gasteiger partial charge in [0, 0.05) is 17.9 Å². The van der Waals surface area contributed by atoms with Crippen molar-refractivity contribution in [1.29, 1.82) is 0 Å². The van der Waals surface area contributed by atoms with Crippen molar-refractivity contribution in [3.8, 4) is 0 Å². The molecule has 0 saturated heterocycles. The average Bonchev–Trinajstić information content (AvgIpc) is 2.61. The molecule has 0 aromatic carbocycles. The number of rotatable bonds is 2. The molecule has 0 atom stereocenters. The molecule has 0 bridgehead atoms. The molecular formula is C12H13NO. The van der Waals surface area contributed by atoms with E-state index in [0.29, 0.717) is 0 Å². The summed E-state index contributed by atoms with van der Waals surface area (Å²) in [5.74, 6) is 0. The van der Waals surface area contributed by atoms with Crippen LogP contribution in [0.4, 0.5) is 0 Å². The molecule has 0 aliphatic heterocycles. The third-order valence-corrected chi connectivity index (χ3v) is 2.25. The van der Waals surface area contributed by atoms with Gasteiger partial charge in [-0.15, -0.1) is 0 Å². The second-order valence-corrected chi connectivity index (χ2v) is 3.30. The number of hydrogen-bond acceptors (Lipinski definition) is 1. The highest BCUT2D eigenvalue weighted by molar-refractivity contribution is 5.68. The number of ether oxygens (including phenoxy) is 1. The Kier molecular flexibility index (Phi) is 2.27. The third kappa shape index (κ3) is 1.51. The fourth-order valence-electron chi connectivity index (χ4n) is 1.52. The summed E-state index contributed by atoms with van der Waals surface area (Å²) >= 11 is 0. The Labute approximate surface area is 83.4 Å². The smallest absolute Gasteiger partial charge is 0.0860 e. The molecular weight excluding hydrogens is 174 g/mol. The lowest BCUT2D eigenvalue weighted by atomic mass is 10.2. The monoisotopic (exact) mass is 187 g/mol. The summed E-state index contributed by atoms with van der Waals surface area (Å²) in [6.07, 6.45) is 5.90. The van der Waals surface area contributed by atoms with Crippen molar-refractivity contribution in [2.45, 2.75) is 6.92 Å². The van der Waals surface area contributed by atoms with E-state index in [1.165, 1.54) is 11.1 Å². The largest absolute Gasteiger partial charge is 0.504 e. The van der Waals surface area contributed by atoms with Gasteiger partial charge in [-0.2, -0.15) is 0 Å². The molecule has 2 nitrogen and oxygen atoms in total. The highest BCUT2D eigenvalue weighted by atomic mass is 16.5. The highest BCUT2D eigenvalue weighted by Gasteiger charge is 2.00. The second-order valence-electron chi connectivity index (χ2n) is 3.30. The molecule has 0 radical (unpaired) electrons. The average molecular weight is 187 g/mol. The summed E-state index contributed by atoms with van der Waals surface area (Å²) in [6, 6.07) is 8.29. The molecule has 2 aromatic heterocycles. The SMILES string of the molecule is CO/C=C(\C)c1cc2ccccn2c1. The van der Waals surface area contributed by atoms with Crippen LogP contribution in [-0.2, 0) is 4.74 Å². The lowest BCUT2D eigenvalue weighted by Crippen LogP contribution is -1.78. The van der Waals surface area contributed by atoms with Gasteiger partial charge in [0.2, 0.25) is 0 Å². The molecule has 2 heteroatoms. The Hall–Kier alpha value is -1.70. The van der Waals surface area contributed by atoms with Crippen LogP contribution in [0.25, 0.3) is 11.1 Å². The Bertz CT molecular complexity index is 435. The molecule has 0 spiro atoms. The summed E-state index contributed by atoms with van der Waals surface area (Å²) in [7, 11) is 1.67. The predicted molar refractivity (Wildman–Crippen MR) is 58.1 cm³/mol. The Morgan fingerprint density at radius 1 is 1.43 bits per heavy atom. The fraction of sp³-hybridized carbons (Fsp3) is 0.167. The fourth-order valence-corrected chi connectivity index (χ4v) is 1.52. The van der Waals surface area contributed by atoms with E-state index >= 15 is 0 Å². The summed E-state index contributed by atoms with van der Waals surface area (Å²) in [6.45, 7) is 2.04. The molecule has 14 heavy (non-hydrogen) atoms. The van der Waals surface area contributed by atoms with Gasteiger partial charge >= 0.3 is 0 Å². The van der Waals surface area contributed by atoms with Crippen LogP contribution in [0.3, 0.4) is 0 Å². The van der Waals surface area contributed by atoms with Gasteiger partial charge in [0.1, 0.15) is 0 Å². The van der Waals surface area contributed by atoms with Gasteiger partial charge in [-0.3, -0.25) is 0 Å². The zero-order valence-electron chi connectivity index (χ0n) is 8.40. The normalized spacial score (nSPS) is 12.0. The maximum atomic E-state index is 4.98. The van der Waals surface area contributed by atoms with Crippen LogP contribution in [0.5, 0.6) is 0 Å². The lowest BCUT2D eigenvalue weighted by molar-refractivity contribution is 0.339. The minimum Gasteiger partial charge on any atom is -0.504 e. The van der Waals surface area contributed by atoms with Gasteiger partial charge in [-0.25, -0.2) is 0 Å². The quantitative estimate of drug-likeness (QED) is 0.659. The maximum absolute atomic E-state index is 4.98. The molecule has 0 saturated carbocycles. The number of fused-ring (bicyclic) bond motifs is 1. The van der Waals surface area contributed by atoms with Crippen molar-refractivity contribution in [2.75, 3.05) is 7.11 Å². The van der Waals surface area contributed by atoms with Crippen LogP contribution < -0.4 is 0 Å². The first-order valence-electron chi connectivity index (χ1n) is 4.58. The van der Waals surface area contributed by atoms with E-state index in [-0.39, 0.29) is 0 Å². The number of allylic oxidation sites excluding steroid dienone is 1. The third-order valence-electron chi connectivity index (χ3n) is 2.25. The van der Waals surface area contributed by atoms with Crippen molar-refractivity contribution >= 4 is 11.1 Å². The van der Waals surface area contributed by atoms with Crippen molar-refractivity contribution in [3.63, 3.8) is 0 Å². The van der Waals surface area contributed by atoms with E-state index in [1.54, 1.807) is 13.4 Å². The molecule has 2 aromatic rings. The van der Waals surface area contributed by atoms with Crippen molar-refractivity contribution < 1.29 is 4.74 Å². The topological polar surface area (TPSA) is 13.6 Å². The summed E-state index contributed by atoms with van der Waals surface area (Å²) in [5.41, 5.74) is 3.53. The van der Waals surface area contributed by atoms with Crippen LogP contribution in [0.2, 0.25) is 0 Å². The van der Waals surface area contributed by atoms with E-state index in [0.717, 1.165) is 5.57 Å². The van der Waals surface area contributed by atoms with Gasteiger partial charge in [0.05, 0.1) is 13.4 Å². The molecule has 2 rings (SSSR count).